The summed E-state index contributed by atoms with van der Waals surface area (Å²) in [6, 6.07) is 11.5. The van der Waals surface area contributed by atoms with Crippen molar-refractivity contribution in [2.45, 2.75) is 13.8 Å². The summed E-state index contributed by atoms with van der Waals surface area (Å²) in [7, 11) is 0. The lowest BCUT2D eigenvalue weighted by atomic mass is 10.1. The molecule has 2 heteroatoms. The van der Waals surface area contributed by atoms with E-state index < -0.39 is 0 Å². The van der Waals surface area contributed by atoms with Crippen molar-refractivity contribution in [2.75, 3.05) is 11.5 Å². The fourth-order valence-electron chi connectivity index (χ4n) is 1.75. The second-order valence-electron chi connectivity index (χ2n) is 4.68. The predicted octanol–water partition coefficient (Wildman–Crippen LogP) is 2.87. The van der Waals surface area contributed by atoms with Gasteiger partial charge in [-0.3, -0.25) is 0 Å². The average molecular weight is 260 g/mol. The van der Waals surface area contributed by atoms with Gasteiger partial charge in [-0.25, -0.2) is 0 Å². The highest BCUT2D eigenvalue weighted by Gasteiger charge is 1.95. The molecule has 0 saturated heterocycles. The summed E-state index contributed by atoms with van der Waals surface area (Å²) in [6.07, 6.45) is 0. The van der Waals surface area contributed by atoms with Gasteiger partial charge < -0.3 is 11.5 Å². The summed E-state index contributed by atoms with van der Waals surface area (Å²) in [4.78, 5) is 0. The molecule has 2 rings (SSSR count). The van der Waals surface area contributed by atoms with Crippen molar-refractivity contribution < 1.29 is 0 Å². The molecule has 0 spiro atoms. The topological polar surface area (TPSA) is 52.0 Å². The minimum absolute atomic E-state index is 0.667. The highest BCUT2D eigenvalue weighted by atomic mass is 14.6. The molecule has 2 nitrogen and oxygen atoms in total. The van der Waals surface area contributed by atoms with Crippen molar-refractivity contribution in [1.29, 1.82) is 0 Å². The molecule has 98 valence electrons. The van der Waals surface area contributed by atoms with Gasteiger partial charge >= 0.3 is 0 Å². The van der Waals surface area contributed by atoms with E-state index in [4.69, 9.17) is 11.5 Å². The third kappa shape index (κ3) is 3.34. The fraction of sp³-hybridized carbons (Fsp3) is 0.111. The number of hydrogen-bond acceptors (Lipinski definition) is 2. The summed E-state index contributed by atoms with van der Waals surface area (Å²) in [5.41, 5.74) is 16.9. The molecule has 0 radical (unpaired) electrons. The van der Waals surface area contributed by atoms with Crippen LogP contribution in [0.2, 0.25) is 0 Å². The van der Waals surface area contributed by atoms with Crippen molar-refractivity contribution in [3.8, 4) is 23.7 Å². The van der Waals surface area contributed by atoms with Gasteiger partial charge in [-0.05, 0) is 61.1 Å². The Labute approximate surface area is 119 Å². The number of rotatable bonds is 0. The first kappa shape index (κ1) is 13.6. The third-order valence-electron chi connectivity index (χ3n) is 2.87. The number of aryl methyl sites for hydroxylation is 2. The Morgan fingerprint density at radius 3 is 1.50 bits per heavy atom. The van der Waals surface area contributed by atoms with E-state index in [0.717, 1.165) is 22.3 Å². The molecule has 2 aromatic carbocycles. The van der Waals surface area contributed by atoms with E-state index in [1.165, 1.54) is 0 Å². The van der Waals surface area contributed by atoms with Gasteiger partial charge in [0.25, 0.3) is 0 Å². The second-order valence-corrected chi connectivity index (χ2v) is 4.68. The van der Waals surface area contributed by atoms with Gasteiger partial charge in [0, 0.05) is 22.5 Å². The van der Waals surface area contributed by atoms with Crippen LogP contribution >= 0.6 is 0 Å². The Balaban J connectivity index is 2.26. The lowest BCUT2D eigenvalue weighted by Gasteiger charge is -1.98. The van der Waals surface area contributed by atoms with Gasteiger partial charge in [-0.15, -0.1) is 0 Å². The Kier molecular flexibility index (Phi) is 3.99. The summed E-state index contributed by atoms with van der Waals surface area (Å²) >= 11 is 0. The van der Waals surface area contributed by atoms with E-state index in [1.807, 2.05) is 50.2 Å². The van der Waals surface area contributed by atoms with E-state index in [1.54, 1.807) is 0 Å². The smallest absolute Gasteiger partial charge is 0.0487 e. The minimum atomic E-state index is 0.667. The molecule has 0 bridgehead atoms. The molecule has 0 aliphatic heterocycles. The lowest BCUT2D eigenvalue weighted by molar-refractivity contribution is 1.45. The zero-order valence-electron chi connectivity index (χ0n) is 11.6. The Hall–Kier alpha value is -2.84. The number of benzene rings is 2. The van der Waals surface area contributed by atoms with E-state index in [0.29, 0.717) is 11.4 Å². The maximum Gasteiger partial charge on any atom is 0.0487 e. The van der Waals surface area contributed by atoms with Crippen LogP contribution in [0.1, 0.15) is 22.3 Å². The fourth-order valence-corrected chi connectivity index (χ4v) is 1.75. The Bertz CT molecular complexity index is 698. The molecule has 0 fully saturated rings. The summed E-state index contributed by atoms with van der Waals surface area (Å²) < 4.78 is 0. The lowest BCUT2D eigenvalue weighted by Crippen LogP contribution is -1.90. The second kappa shape index (κ2) is 5.87. The highest BCUT2D eigenvalue weighted by Crippen LogP contribution is 2.13. The minimum Gasteiger partial charge on any atom is -0.398 e. The Morgan fingerprint density at radius 1 is 0.700 bits per heavy atom. The highest BCUT2D eigenvalue weighted by molar-refractivity contribution is 5.60. The van der Waals surface area contributed by atoms with Gasteiger partial charge in [0.1, 0.15) is 0 Å². The monoisotopic (exact) mass is 260 g/mol. The van der Waals surface area contributed by atoms with Gasteiger partial charge in [-0.2, -0.15) is 0 Å². The van der Waals surface area contributed by atoms with Crippen molar-refractivity contribution in [1.82, 2.24) is 0 Å². The van der Waals surface area contributed by atoms with E-state index in [2.05, 4.69) is 23.7 Å². The van der Waals surface area contributed by atoms with Gasteiger partial charge in [0.2, 0.25) is 0 Å². The molecule has 0 saturated carbocycles. The molecule has 0 aliphatic rings. The van der Waals surface area contributed by atoms with Crippen LogP contribution in [-0.4, -0.2) is 0 Å². The number of nitrogens with two attached hydrogens (primary N) is 2. The molecular formula is C18H16N2. The first-order chi connectivity index (χ1) is 9.56. The van der Waals surface area contributed by atoms with E-state index >= 15 is 0 Å². The molecule has 0 aliphatic carbocycles. The zero-order chi connectivity index (χ0) is 14.5. The molecule has 0 heterocycles. The van der Waals surface area contributed by atoms with Gasteiger partial charge in [-0.1, -0.05) is 24.0 Å². The molecule has 20 heavy (non-hydrogen) atoms. The molecular weight excluding hydrogens is 244 g/mol. The van der Waals surface area contributed by atoms with Crippen molar-refractivity contribution >= 4 is 11.4 Å². The van der Waals surface area contributed by atoms with Crippen LogP contribution in [-0.2, 0) is 0 Å². The maximum atomic E-state index is 5.86. The molecule has 0 unspecified atom stereocenters. The first-order valence-corrected chi connectivity index (χ1v) is 6.30. The molecule has 4 N–H and O–H groups in total. The van der Waals surface area contributed by atoms with Crippen LogP contribution in [0.3, 0.4) is 0 Å². The van der Waals surface area contributed by atoms with Gasteiger partial charge in [0.05, 0.1) is 0 Å². The van der Waals surface area contributed by atoms with Crippen LogP contribution in [0.25, 0.3) is 0 Å². The van der Waals surface area contributed by atoms with E-state index in [-0.39, 0.29) is 0 Å². The summed E-state index contributed by atoms with van der Waals surface area (Å²) in [5, 5.41) is 0. The summed E-state index contributed by atoms with van der Waals surface area (Å²) in [6.45, 7) is 4.01. The Morgan fingerprint density at radius 2 is 1.10 bits per heavy atom. The first-order valence-electron chi connectivity index (χ1n) is 6.30. The van der Waals surface area contributed by atoms with Crippen LogP contribution in [0.5, 0.6) is 0 Å². The quantitative estimate of drug-likeness (QED) is 0.565. The van der Waals surface area contributed by atoms with Crippen molar-refractivity contribution in [2.24, 2.45) is 0 Å². The largest absolute Gasteiger partial charge is 0.398 e. The normalized spacial score (nSPS) is 9.10. The van der Waals surface area contributed by atoms with Gasteiger partial charge in [0.15, 0.2) is 0 Å². The SMILES string of the molecule is Cc1ccc(N)c(C#CC#Cc2cc(C)ccc2N)c1. The maximum absolute atomic E-state index is 5.86. The predicted molar refractivity (Wildman–Crippen MR) is 84.9 cm³/mol. The van der Waals surface area contributed by atoms with Crippen molar-refractivity contribution in [3.05, 3.63) is 58.7 Å². The number of anilines is 2. The molecule has 0 amide bonds. The van der Waals surface area contributed by atoms with Crippen LogP contribution in [0.4, 0.5) is 11.4 Å². The average Bonchev–Trinajstić information content (AvgIpc) is 2.42. The molecule has 2 aromatic rings. The molecule has 0 aromatic heterocycles. The molecule has 0 atom stereocenters. The van der Waals surface area contributed by atoms with Crippen LogP contribution in [0, 0.1) is 37.5 Å². The summed E-state index contributed by atoms with van der Waals surface area (Å²) in [5.74, 6) is 11.6. The number of hydrogen-bond donors (Lipinski definition) is 2. The number of nitrogen functional groups attached to an aromatic ring is 2. The van der Waals surface area contributed by atoms with Crippen molar-refractivity contribution in [3.63, 3.8) is 0 Å². The third-order valence-corrected chi connectivity index (χ3v) is 2.87. The van der Waals surface area contributed by atoms with Crippen LogP contribution < -0.4 is 11.5 Å². The van der Waals surface area contributed by atoms with E-state index in [9.17, 15) is 0 Å². The van der Waals surface area contributed by atoms with Crippen LogP contribution in [0.15, 0.2) is 36.4 Å². The standard InChI is InChI=1S/C18H16N2/c1-13-7-9-17(19)15(11-13)5-3-4-6-16-12-14(2)8-10-18(16)20/h7-12H,19-20H2,1-2H3. The zero-order valence-corrected chi connectivity index (χ0v) is 11.6.